The molecule has 2 heterocycles. The van der Waals surface area contributed by atoms with E-state index in [4.69, 9.17) is 14.2 Å². The van der Waals surface area contributed by atoms with Crippen LogP contribution in [0, 0.1) is 17.6 Å². The number of esters is 1. The molecule has 39 heavy (non-hydrogen) atoms. The van der Waals surface area contributed by atoms with Crippen molar-refractivity contribution in [1.82, 2.24) is 4.90 Å². The molecule has 1 unspecified atom stereocenters. The van der Waals surface area contributed by atoms with Crippen LogP contribution >= 0.6 is 0 Å². The van der Waals surface area contributed by atoms with Crippen LogP contribution < -0.4 is 9.64 Å². The Morgan fingerprint density at radius 2 is 1.92 bits per heavy atom. The molecule has 0 spiro atoms. The predicted octanol–water partition coefficient (Wildman–Crippen LogP) is 4.87. The van der Waals surface area contributed by atoms with E-state index in [-0.39, 0.29) is 42.4 Å². The highest BCUT2D eigenvalue weighted by atomic mass is 19.1. The molecule has 0 radical (unpaired) electrons. The Labute approximate surface area is 227 Å². The summed E-state index contributed by atoms with van der Waals surface area (Å²) in [7, 11) is 1.21. The zero-order chi connectivity index (χ0) is 28.5. The third-order valence-corrected chi connectivity index (χ3v) is 7.04. The number of aliphatic hydroxyl groups excluding tert-OH is 1. The minimum atomic E-state index is -1.02. The number of methoxy groups -OCH3 is 1. The summed E-state index contributed by atoms with van der Waals surface area (Å²) >= 11 is 0. The SMILES string of the molecule is CCOC(=O)C(C=NC1CC1)=C(O)c1cc(F)c(N2CC3[C@@H](CCCN3C(=O)OC(C)(C)C)C2)c(OC)c1F. The van der Waals surface area contributed by atoms with E-state index in [0.717, 1.165) is 38.0 Å². The van der Waals surface area contributed by atoms with Crippen LogP contribution in [0.25, 0.3) is 5.76 Å². The topological polar surface area (TPSA) is 101 Å². The number of anilines is 1. The Balaban J connectivity index is 1.68. The van der Waals surface area contributed by atoms with E-state index in [1.807, 2.05) is 0 Å². The maximum atomic E-state index is 15.8. The van der Waals surface area contributed by atoms with Crippen molar-refractivity contribution in [2.24, 2.45) is 10.9 Å². The van der Waals surface area contributed by atoms with E-state index in [1.54, 1.807) is 37.5 Å². The lowest BCUT2D eigenvalue weighted by Crippen LogP contribution is -2.50. The van der Waals surface area contributed by atoms with Gasteiger partial charge in [0.05, 0.1) is 31.4 Å². The smallest absolute Gasteiger partial charge is 0.410 e. The summed E-state index contributed by atoms with van der Waals surface area (Å²) in [5.74, 6) is -3.90. The summed E-state index contributed by atoms with van der Waals surface area (Å²) in [6.45, 7) is 8.20. The van der Waals surface area contributed by atoms with Gasteiger partial charge in [0.1, 0.15) is 22.6 Å². The maximum Gasteiger partial charge on any atom is 0.410 e. The number of piperidine rings is 1. The van der Waals surface area contributed by atoms with Gasteiger partial charge in [-0.25, -0.2) is 18.4 Å². The average Bonchev–Trinajstić information content (AvgIpc) is 3.59. The summed E-state index contributed by atoms with van der Waals surface area (Å²) in [5, 5.41) is 10.9. The minimum absolute atomic E-state index is 0.0275. The molecule has 1 aromatic carbocycles. The minimum Gasteiger partial charge on any atom is -0.506 e. The van der Waals surface area contributed by atoms with Crippen LogP contribution in [-0.2, 0) is 14.3 Å². The first-order chi connectivity index (χ1) is 18.4. The second kappa shape index (κ2) is 11.4. The molecule has 0 bridgehead atoms. The van der Waals surface area contributed by atoms with Crippen molar-refractivity contribution >= 4 is 29.7 Å². The molecule has 3 aliphatic rings. The number of nitrogens with zero attached hydrogens (tertiary/aromatic N) is 3. The lowest BCUT2D eigenvalue weighted by Gasteiger charge is -2.37. The number of fused-ring (bicyclic) bond motifs is 1. The molecule has 1 saturated carbocycles. The van der Waals surface area contributed by atoms with Crippen LogP contribution in [0.15, 0.2) is 16.6 Å². The molecule has 3 fully saturated rings. The molecule has 0 aromatic heterocycles. The molecular formula is C28H37F2N3O6. The first kappa shape index (κ1) is 28.6. The fourth-order valence-corrected chi connectivity index (χ4v) is 5.12. The van der Waals surface area contributed by atoms with Crippen molar-refractivity contribution < 1.29 is 37.7 Å². The maximum absolute atomic E-state index is 15.8. The van der Waals surface area contributed by atoms with Gasteiger partial charge in [0, 0.05) is 25.8 Å². The molecule has 1 amide bonds. The van der Waals surface area contributed by atoms with Crippen molar-refractivity contribution in [2.45, 2.75) is 71.1 Å². The number of hydrogen-bond donors (Lipinski definition) is 1. The number of aliphatic imine (C=N–C) groups is 1. The van der Waals surface area contributed by atoms with Crippen molar-refractivity contribution in [2.75, 3.05) is 38.3 Å². The Morgan fingerprint density at radius 3 is 2.54 bits per heavy atom. The third kappa shape index (κ3) is 6.28. The number of ether oxygens (including phenoxy) is 3. The van der Waals surface area contributed by atoms with Gasteiger partial charge in [-0.15, -0.1) is 0 Å². The third-order valence-electron chi connectivity index (χ3n) is 7.04. The number of rotatable bonds is 7. The highest BCUT2D eigenvalue weighted by Gasteiger charge is 2.44. The largest absolute Gasteiger partial charge is 0.506 e. The number of halogens is 2. The van der Waals surface area contributed by atoms with Crippen LogP contribution in [-0.4, -0.2) is 79.3 Å². The van der Waals surface area contributed by atoms with E-state index in [1.165, 1.54) is 7.11 Å². The van der Waals surface area contributed by atoms with Crippen LogP contribution in [0.2, 0.25) is 0 Å². The zero-order valence-corrected chi connectivity index (χ0v) is 23.1. The van der Waals surface area contributed by atoms with Crippen LogP contribution in [0.5, 0.6) is 5.75 Å². The number of carbonyl (C=O) groups is 2. The molecule has 9 nitrogen and oxygen atoms in total. The molecule has 11 heteroatoms. The van der Waals surface area contributed by atoms with Gasteiger partial charge in [0.15, 0.2) is 17.4 Å². The van der Waals surface area contributed by atoms with Gasteiger partial charge in [-0.3, -0.25) is 4.99 Å². The first-order valence-corrected chi connectivity index (χ1v) is 13.4. The van der Waals surface area contributed by atoms with Crippen LogP contribution in [0.4, 0.5) is 19.3 Å². The monoisotopic (exact) mass is 549 g/mol. The van der Waals surface area contributed by atoms with E-state index >= 15 is 8.78 Å². The summed E-state index contributed by atoms with van der Waals surface area (Å²) in [6.07, 6.45) is 4.03. The second-order valence-corrected chi connectivity index (χ2v) is 11.1. The molecule has 214 valence electrons. The zero-order valence-electron chi connectivity index (χ0n) is 23.1. The molecule has 2 atom stereocenters. The molecule has 2 aliphatic heterocycles. The molecule has 1 aliphatic carbocycles. The Kier molecular flexibility index (Phi) is 8.37. The van der Waals surface area contributed by atoms with Crippen LogP contribution in [0.3, 0.4) is 0 Å². The molecule has 2 saturated heterocycles. The Hall–Kier alpha value is -3.37. The van der Waals surface area contributed by atoms with E-state index in [2.05, 4.69) is 4.99 Å². The summed E-state index contributed by atoms with van der Waals surface area (Å²) in [5.41, 5.74) is -1.66. The molecule has 4 rings (SSSR count). The lowest BCUT2D eigenvalue weighted by molar-refractivity contribution is -0.137. The van der Waals surface area contributed by atoms with Crippen molar-refractivity contribution in [3.05, 3.63) is 28.8 Å². The number of hydrogen-bond acceptors (Lipinski definition) is 8. The van der Waals surface area contributed by atoms with Crippen molar-refractivity contribution in [3.8, 4) is 5.75 Å². The number of benzene rings is 1. The van der Waals surface area contributed by atoms with Crippen molar-refractivity contribution in [1.29, 1.82) is 0 Å². The Morgan fingerprint density at radius 1 is 1.21 bits per heavy atom. The number of likely N-dealkylation sites (tertiary alicyclic amines) is 1. The van der Waals surface area contributed by atoms with Gasteiger partial charge < -0.3 is 29.1 Å². The van der Waals surface area contributed by atoms with Crippen LogP contribution in [0.1, 0.15) is 58.9 Å². The summed E-state index contributed by atoms with van der Waals surface area (Å²) < 4.78 is 47.4. The fourth-order valence-electron chi connectivity index (χ4n) is 5.12. The van der Waals surface area contributed by atoms with E-state index in [9.17, 15) is 14.7 Å². The van der Waals surface area contributed by atoms with Gasteiger partial charge in [-0.05, 0) is 65.4 Å². The second-order valence-electron chi connectivity index (χ2n) is 11.1. The first-order valence-electron chi connectivity index (χ1n) is 13.4. The van der Waals surface area contributed by atoms with E-state index in [0.29, 0.717) is 13.1 Å². The van der Waals surface area contributed by atoms with Gasteiger partial charge in [0.2, 0.25) is 0 Å². The lowest BCUT2D eigenvalue weighted by atomic mass is 9.92. The quantitative estimate of drug-likeness (QED) is 0.224. The van der Waals surface area contributed by atoms with Gasteiger partial charge >= 0.3 is 12.1 Å². The summed E-state index contributed by atoms with van der Waals surface area (Å²) in [6, 6.07) is 0.641. The normalized spacial score (nSPS) is 22.0. The molecular weight excluding hydrogens is 512 g/mol. The fraction of sp³-hybridized carbons (Fsp3) is 0.607. The Bertz CT molecular complexity index is 1170. The highest BCUT2D eigenvalue weighted by molar-refractivity contribution is 6.15. The highest BCUT2D eigenvalue weighted by Crippen LogP contribution is 2.42. The average molecular weight is 550 g/mol. The van der Waals surface area contributed by atoms with E-state index < -0.39 is 46.4 Å². The summed E-state index contributed by atoms with van der Waals surface area (Å²) in [4.78, 5) is 32.9. The number of aliphatic hydroxyl groups is 1. The van der Waals surface area contributed by atoms with Gasteiger partial charge in [-0.2, -0.15) is 0 Å². The van der Waals surface area contributed by atoms with Crippen molar-refractivity contribution in [3.63, 3.8) is 0 Å². The van der Waals surface area contributed by atoms with Gasteiger partial charge in [-0.1, -0.05) is 0 Å². The molecule has 1 N–H and O–H groups in total. The number of carbonyl (C=O) groups excluding carboxylic acids is 2. The number of amides is 1. The molecule has 1 aromatic rings. The van der Waals surface area contributed by atoms with Gasteiger partial charge in [0.25, 0.3) is 0 Å². The predicted molar refractivity (Wildman–Crippen MR) is 142 cm³/mol. The standard InChI is InChI=1S/C28H37F2N3O6/c1-6-38-26(35)19(13-31-17-9-10-17)24(34)18-12-20(29)23(25(37-5)22(18)30)32-14-16-8-7-11-33(21(16)15-32)27(36)39-28(2,3)4/h12-13,16-17,21,34H,6-11,14-15H2,1-5H3/t16-,21?/m0/s1.